The summed E-state index contributed by atoms with van der Waals surface area (Å²) in [7, 11) is -3.33. The molecule has 1 fully saturated rings. The van der Waals surface area contributed by atoms with Gasteiger partial charge in [-0.05, 0) is 29.8 Å². The van der Waals surface area contributed by atoms with Gasteiger partial charge in [0.05, 0.1) is 16.6 Å². The van der Waals surface area contributed by atoms with Gasteiger partial charge in [0.2, 0.25) is 0 Å². The van der Waals surface area contributed by atoms with Crippen LogP contribution in [0.4, 0.5) is 0 Å². The van der Waals surface area contributed by atoms with E-state index in [1.807, 2.05) is 30.3 Å². The number of rotatable bonds is 5. The zero-order chi connectivity index (χ0) is 19.6. The molecule has 2 atom stereocenters. The normalized spacial score (nSPS) is 19.8. The Hall–Kier alpha value is -2.67. The molecule has 0 saturated carbocycles. The smallest absolute Gasteiger partial charge is 0.308 e. The Kier molecular flexibility index (Phi) is 5.32. The van der Waals surface area contributed by atoms with Crippen LogP contribution in [0.15, 0.2) is 59.5 Å². The van der Waals surface area contributed by atoms with Crippen molar-refractivity contribution in [1.82, 2.24) is 4.90 Å². The third kappa shape index (κ3) is 3.88. The van der Waals surface area contributed by atoms with Crippen LogP contribution in [0, 0.1) is 5.92 Å². The molecule has 1 heterocycles. The van der Waals surface area contributed by atoms with Crippen LogP contribution in [0.1, 0.15) is 28.8 Å². The summed E-state index contributed by atoms with van der Waals surface area (Å²) in [6.07, 6.45) is 0. The minimum absolute atomic E-state index is 0.00847. The number of carbonyl (C=O) groups is 2. The maximum absolute atomic E-state index is 12.8. The van der Waals surface area contributed by atoms with Gasteiger partial charge in [0.25, 0.3) is 5.91 Å². The predicted molar refractivity (Wildman–Crippen MR) is 100 cm³/mol. The number of aliphatic carboxylic acids is 1. The number of carboxylic acid groups (broad SMARTS) is 1. The molecule has 0 radical (unpaired) electrons. The molecule has 1 saturated heterocycles. The van der Waals surface area contributed by atoms with Gasteiger partial charge in [0.1, 0.15) is 0 Å². The van der Waals surface area contributed by atoms with Gasteiger partial charge < -0.3 is 10.0 Å². The SMILES string of the molecule is CCS(=O)(=O)c1ccc(C(=O)N2CC(C(=O)O)C(c3ccccc3)C2)cc1. The number of amides is 1. The fourth-order valence-electron chi connectivity index (χ4n) is 3.41. The summed E-state index contributed by atoms with van der Waals surface area (Å²) in [4.78, 5) is 26.2. The monoisotopic (exact) mass is 387 g/mol. The fraction of sp³-hybridized carbons (Fsp3) is 0.300. The van der Waals surface area contributed by atoms with E-state index in [1.54, 1.807) is 6.92 Å². The first-order valence-corrected chi connectivity index (χ1v) is 10.4. The van der Waals surface area contributed by atoms with Gasteiger partial charge in [-0.3, -0.25) is 9.59 Å². The average molecular weight is 387 g/mol. The third-order valence-corrected chi connectivity index (χ3v) is 6.74. The quantitative estimate of drug-likeness (QED) is 0.851. The molecule has 0 bridgehead atoms. The van der Waals surface area contributed by atoms with E-state index in [4.69, 9.17) is 0 Å². The highest BCUT2D eigenvalue weighted by atomic mass is 32.2. The summed E-state index contributed by atoms with van der Waals surface area (Å²) in [5.41, 5.74) is 1.24. The van der Waals surface area contributed by atoms with Gasteiger partial charge in [-0.2, -0.15) is 0 Å². The molecule has 2 aromatic carbocycles. The number of hydrogen-bond acceptors (Lipinski definition) is 4. The van der Waals surface area contributed by atoms with E-state index in [0.29, 0.717) is 12.1 Å². The molecule has 1 aliphatic rings. The van der Waals surface area contributed by atoms with Crippen molar-refractivity contribution < 1.29 is 23.1 Å². The molecule has 142 valence electrons. The zero-order valence-corrected chi connectivity index (χ0v) is 15.7. The number of carboxylic acids is 1. The second-order valence-corrected chi connectivity index (χ2v) is 8.88. The number of sulfone groups is 1. The second-order valence-electron chi connectivity index (χ2n) is 6.60. The summed E-state index contributed by atoms with van der Waals surface area (Å²) >= 11 is 0. The molecular weight excluding hydrogens is 366 g/mol. The van der Waals surface area contributed by atoms with Crippen molar-refractivity contribution in [2.75, 3.05) is 18.8 Å². The molecule has 3 rings (SSSR count). The van der Waals surface area contributed by atoms with Crippen molar-refractivity contribution in [3.8, 4) is 0 Å². The Balaban J connectivity index is 1.82. The summed E-state index contributed by atoms with van der Waals surface area (Å²) < 4.78 is 23.8. The topological polar surface area (TPSA) is 91.8 Å². The van der Waals surface area contributed by atoms with Gasteiger partial charge in [0, 0.05) is 24.6 Å². The van der Waals surface area contributed by atoms with Gasteiger partial charge in [-0.1, -0.05) is 37.3 Å². The van der Waals surface area contributed by atoms with E-state index in [-0.39, 0.29) is 29.0 Å². The molecule has 1 N–H and O–H groups in total. The van der Waals surface area contributed by atoms with E-state index < -0.39 is 21.7 Å². The maximum atomic E-state index is 12.8. The minimum Gasteiger partial charge on any atom is -0.481 e. The third-order valence-electron chi connectivity index (χ3n) is 4.99. The van der Waals surface area contributed by atoms with Crippen molar-refractivity contribution in [2.45, 2.75) is 17.7 Å². The molecule has 7 heteroatoms. The van der Waals surface area contributed by atoms with Crippen molar-refractivity contribution in [1.29, 1.82) is 0 Å². The molecule has 0 spiro atoms. The molecule has 2 unspecified atom stereocenters. The molecule has 2 aromatic rings. The van der Waals surface area contributed by atoms with Crippen LogP contribution in [0.5, 0.6) is 0 Å². The van der Waals surface area contributed by atoms with Crippen LogP contribution < -0.4 is 0 Å². The van der Waals surface area contributed by atoms with Crippen molar-refractivity contribution in [3.63, 3.8) is 0 Å². The number of hydrogen-bond donors (Lipinski definition) is 1. The average Bonchev–Trinajstić information content (AvgIpc) is 3.14. The molecule has 27 heavy (non-hydrogen) atoms. The number of likely N-dealkylation sites (tertiary alicyclic amines) is 1. The number of nitrogens with zero attached hydrogens (tertiary/aromatic N) is 1. The fourth-order valence-corrected chi connectivity index (χ4v) is 4.30. The van der Waals surface area contributed by atoms with Crippen LogP contribution in [0.25, 0.3) is 0 Å². The highest BCUT2D eigenvalue weighted by Gasteiger charge is 2.40. The summed E-state index contributed by atoms with van der Waals surface area (Å²) in [6.45, 7) is 2.01. The lowest BCUT2D eigenvalue weighted by atomic mass is 9.89. The Morgan fingerprint density at radius 2 is 1.67 bits per heavy atom. The summed E-state index contributed by atoms with van der Waals surface area (Å²) in [6, 6.07) is 15.1. The first-order chi connectivity index (χ1) is 12.8. The maximum Gasteiger partial charge on any atom is 0.308 e. The van der Waals surface area contributed by atoms with Gasteiger partial charge >= 0.3 is 5.97 Å². The molecule has 6 nitrogen and oxygen atoms in total. The van der Waals surface area contributed by atoms with Gasteiger partial charge in [0.15, 0.2) is 9.84 Å². The van der Waals surface area contributed by atoms with Crippen LogP contribution >= 0.6 is 0 Å². The van der Waals surface area contributed by atoms with Crippen LogP contribution in [0.3, 0.4) is 0 Å². The second kappa shape index (κ2) is 7.52. The predicted octanol–water partition coefficient (Wildman–Crippen LogP) is 2.42. The number of carbonyl (C=O) groups excluding carboxylic acids is 1. The summed E-state index contributed by atoms with van der Waals surface area (Å²) in [5.74, 6) is -2.17. The number of benzene rings is 2. The lowest BCUT2D eigenvalue weighted by molar-refractivity contribution is -0.141. The summed E-state index contributed by atoms with van der Waals surface area (Å²) in [5, 5.41) is 9.56. The van der Waals surface area contributed by atoms with E-state index in [9.17, 15) is 23.1 Å². The first kappa shape index (κ1) is 19.1. The van der Waals surface area contributed by atoms with Crippen LogP contribution in [-0.2, 0) is 14.6 Å². The van der Waals surface area contributed by atoms with Gasteiger partial charge in [-0.15, -0.1) is 0 Å². The van der Waals surface area contributed by atoms with Crippen LogP contribution in [0.2, 0.25) is 0 Å². The highest BCUT2D eigenvalue weighted by Crippen LogP contribution is 2.33. The van der Waals surface area contributed by atoms with E-state index in [2.05, 4.69) is 0 Å². The standard InChI is InChI=1S/C20H21NO5S/c1-2-27(25,26)16-10-8-15(9-11-16)19(22)21-12-17(18(13-21)20(23)24)14-6-4-3-5-7-14/h3-11,17-18H,2,12-13H2,1H3,(H,23,24). The molecular formula is C20H21NO5S. The Morgan fingerprint density at radius 1 is 1.04 bits per heavy atom. The molecule has 0 aromatic heterocycles. The van der Waals surface area contributed by atoms with Crippen molar-refractivity contribution >= 4 is 21.7 Å². The van der Waals surface area contributed by atoms with Crippen molar-refractivity contribution in [2.24, 2.45) is 5.92 Å². The Labute approximate surface area is 158 Å². The van der Waals surface area contributed by atoms with E-state index in [0.717, 1.165) is 5.56 Å². The zero-order valence-electron chi connectivity index (χ0n) is 14.9. The largest absolute Gasteiger partial charge is 0.481 e. The first-order valence-electron chi connectivity index (χ1n) is 8.73. The minimum atomic E-state index is -3.33. The lowest BCUT2D eigenvalue weighted by Crippen LogP contribution is -2.29. The Bertz CT molecular complexity index is 938. The lowest BCUT2D eigenvalue weighted by Gasteiger charge is -2.17. The molecule has 1 amide bonds. The van der Waals surface area contributed by atoms with E-state index in [1.165, 1.54) is 29.2 Å². The van der Waals surface area contributed by atoms with Crippen LogP contribution in [-0.4, -0.2) is 49.1 Å². The van der Waals surface area contributed by atoms with Gasteiger partial charge in [-0.25, -0.2) is 8.42 Å². The molecule has 0 aliphatic carbocycles. The Morgan fingerprint density at radius 3 is 2.22 bits per heavy atom. The highest BCUT2D eigenvalue weighted by molar-refractivity contribution is 7.91. The van der Waals surface area contributed by atoms with E-state index >= 15 is 0 Å². The molecule has 1 aliphatic heterocycles. The van der Waals surface area contributed by atoms with Crippen molar-refractivity contribution in [3.05, 3.63) is 65.7 Å².